The molecule has 1 saturated heterocycles. The molecule has 2 aromatic heterocycles. The third-order valence-electron chi connectivity index (χ3n) is 3.80. The van der Waals surface area contributed by atoms with Gasteiger partial charge in [0.2, 0.25) is 0 Å². The van der Waals surface area contributed by atoms with Gasteiger partial charge in [0.1, 0.15) is 11.5 Å². The van der Waals surface area contributed by atoms with E-state index in [0.29, 0.717) is 12.2 Å². The molecule has 7 nitrogen and oxygen atoms in total. The van der Waals surface area contributed by atoms with E-state index in [1.165, 1.54) is 6.42 Å². The van der Waals surface area contributed by atoms with Gasteiger partial charge in [-0.3, -0.25) is 0 Å². The zero-order valence-corrected chi connectivity index (χ0v) is 13.2. The molecule has 0 aromatic carbocycles. The molecule has 1 aliphatic heterocycles. The molecule has 0 saturated carbocycles. The smallest absolute Gasteiger partial charge is 0.319 e. The van der Waals surface area contributed by atoms with E-state index in [1.54, 1.807) is 12.3 Å². The van der Waals surface area contributed by atoms with Crippen molar-refractivity contribution in [1.29, 1.82) is 0 Å². The van der Waals surface area contributed by atoms with Crippen molar-refractivity contribution in [3.8, 4) is 0 Å². The molecule has 0 atom stereocenters. The average molecular weight is 315 g/mol. The fraction of sp³-hybridized carbons (Fsp3) is 0.438. The second-order valence-electron chi connectivity index (χ2n) is 5.66. The molecule has 0 radical (unpaired) electrons. The maximum Gasteiger partial charge on any atom is 0.319 e. The van der Waals surface area contributed by atoms with Crippen LogP contribution in [0.4, 0.5) is 16.3 Å². The van der Waals surface area contributed by atoms with Gasteiger partial charge in [0.15, 0.2) is 5.82 Å². The van der Waals surface area contributed by atoms with E-state index in [-0.39, 0.29) is 6.03 Å². The predicted octanol–water partition coefficient (Wildman–Crippen LogP) is 2.69. The second kappa shape index (κ2) is 7.13. The van der Waals surface area contributed by atoms with Crippen LogP contribution in [0.5, 0.6) is 0 Å². The van der Waals surface area contributed by atoms with Gasteiger partial charge in [-0.25, -0.2) is 9.78 Å². The van der Waals surface area contributed by atoms with Gasteiger partial charge in [-0.05, 0) is 38.3 Å². The van der Waals surface area contributed by atoms with Crippen LogP contribution in [0.25, 0.3) is 0 Å². The number of nitrogens with zero attached hydrogens (tertiary/aromatic N) is 3. The third kappa shape index (κ3) is 4.00. The molecule has 2 aromatic rings. The number of hydrogen-bond donors (Lipinski definition) is 2. The number of urea groups is 1. The number of piperidine rings is 1. The molecule has 1 fully saturated rings. The number of amides is 2. The lowest BCUT2D eigenvalue weighted by Gasteiger charge is -2.29. The molecule has 0 spiro atoms. The number of aryl methyl sites for hydroxylation is 1. The van der Waals surface area contributed by atoms with Crippen molar-refractivity contribution in [3.05, 3.63) is 35.9 Å². The van der Waals surface area contributed by atoms with E-state index < -0.39 is 0 Å². The van der Waals surface area contributed by atoms with Gasteiger partial charge in [0.25, 0.3) is 0 Å². The van der Waals surface area contributed by atoms with Crippen LogP contribution in [0.2, 0.25) is 0 Å². The number of carbonyl (C=O) groups excluding carboxylic acids is 1. The molecule has 0 unspecified atom stereocenters. The van der Waals surface area contributed by atoms with Crippen molar-refractivity contribution in [2.45, 2.75) is 32.7 Å². The number of hydrogen-bond acceptors (Lipinski definition) is 5. The minimum absolute atomic E-state index is 0.281. The Morgan fingerprint density at radius 3 is 2.91 bits per heavy atom. The molecule has 1 aliphatic rings. The topological polar surface area (TPSA) is 83.3 Å². The first-order chi connectivity index (χ1) is 11.2. The fourth-order valence-corrected chi connectivity index (χ4v) is 2.69. The predicted molar refractivity (Wildman–Crippen MR) is 87.4 cm³/mol. The SMILES string of the molecule is Cc1cc(CNC(=O)Nc2cccnc2N2CCCCC2)no1. The van der Waals surface area contributed by atoms with Gasteiger partial charge in [-0.1, -0.05) is 5.16 Å². The van der Waals surface area contributed by atoms with Gasteiger partial charge in [-0.2, -0.15) is 0 Å². The molecule has 122 valence electrons. The molecular weight excluding hydrogens is 294 g/mol. The van der Waals surface area contributed by atoms with Gasteiger partial charge in [0.05, 0.1) is 12.2 Å². The van der Waals surface area contributed by atoms with Crippen molar-refractivity contribution in [1.82, 2.24) is 15.5 Å². The van der Waals surface area contributed by atoms with Gasteiger partial charge < -0.3 is 20.1 Å². The molecule has 3 rings (SSSR count). The number of aromatic nitrogens is 2. The summed E-state index contributed by atoms with van der Waals surface area (Å²) in [6.07, 6.45) is 5.33. The van der Waals surface area contributed by atoms with Crippen LogP contribution in [0, 0.1) is 6.92 Å². The lowest BCUT2D eigenvalue weighted by Crippen LogP contribution is -2.33. The number of nitrogens with one attached hydrogen (secondary N) is 2. The Bertz CT molecular complexity index is 664. The minimum Gasteiger partial charge on any atom is -0.361 e. The maximum atomic E-state index is 12.1. The van der Waals surface area contributed by atoms with Crippen LogP contribution in [0.3, 0.4) is 0 Å². The van der Waals surface area contributed by atoms with Crippen LogP contribution in [-0.4, -0.2) is 29.3 Å². The minimum atomic E-state index is -0.281. The molecule has 23 heavy (non-hydrogen) atoms. The first-order valence-corrected chi connectivity index (χ1v) is 7.89. The second-order valence-corrected chi connectivity index (χ2v) is 5.66. The monoisotopic (exact) mass is 315 g/mol. The first kappa shape index (κ1) is 15.3. The highest BCUT2D eigenvalue weighted by Crippen LogP contribution is 2.25. The first-order valence-electron chi connectivity index (χ1n) is 7.89. The molecule has 7 heteroatoms. The maximum absolute atomic E-state index is 12.1. The standard InChI is InChI=1S/C16H21N5O2/c1-12-10-13(20-23-12)11-18-16(22)19-14-6-5-7-17-15(14)21-8-3-2-4-9-21/h5-7,10H,2-4,8-9,11H2,1H3,(H2,18,19,22). The van der Waals surface area contributed by atoms with Gasteiger partial charge in [-0.15, -0.1) is 0 Å². The summed E-state index contributed by atoms with van der Waals surface area (Å²) < 4.78 is 4.98. The zero-order valence-electron chi connectivity index (χ0n) is 13.2. The van der Waals surface area contributed by atoms with Gasteiger partial charge in [0, 0.05) is 25.4 Å². The third-order valence-corrected chi connectivity index (χ3v) is 3.80. The lowest BCUT2D eigenvalue weighted by molar-refractivity contribution is 0.251. The number of rotatable bonds is 4. The van der Waals surface area contributed by atoms with Crippen LogP contribution in [0.15, 0.2) is 28.9 Å². The Balaban J connectivity index is 1.61. The van der Waals surface area contributed by atoms with E-state index >= 15 is 0 Å². The summed E-state index contributed by atoms with van der Waals surface area (Å²) in [5.41, 5.74) is 1.42. The van der Waals surface area contributed by atoms with Crippen LogP contribution < -0.4 is 15.5 Å². The number of pyridine rings is 1. The Hall–Kier alpha value is -2.57. The zero-order chi connectivity index (χ0) is 16.1. The summed E-state index contributed by atoms with van der Waals surface area (Å²) in [6.45, 7) is 4.09. The summed E-state index contributed by atoms with van der Waals surface area (Å²) >= 11 is 0. The van der Waals surface area contributed by atoms with E-state index in [1.807, 2.05) is 19.1 Å². The van der Waals surface area contributed by atoms with Crippen LogP contribution >= 0.6 is 0 Å². The molecular formula is C16H21N5O2. The summed E-state index contributed by atoms with van der Waals surface area (Å²) in [5, 5.41) is 9.49. The number of anilines is 2. The van der Waals surface area contributed by atoms with E-state index in [9.17, 15) is 4.79 Å². The Kier molecular flexibility index (Phi) is 4.75. The Morgan fingerprint density at radius 1 is 1.35 bits per heavy atom. The van der Waals surface area contributed by atoms with Crippen molar-refractivity contribution < 1.29 is 9.32 Å². The molecule has 3 heterocycles. The normalized spacial score (nSPS) is 14.6. The van der Waals surface area contributed by atoms with E-state index in [4.69, 9.17) is 4.52 Å². The quantitative estimate of drug-likeness (QED) is 0.906. The average Bonchev–Trinajstić information content (AvgIpc) is 3.00. The lowest BCUT2D eigenvalue weighted by atomic mass is 10.1. The largest absolute Gasteiger partial charge is 0.361 e. The highest BCUT2D eigenvalue weighted by Gasteiger charge is 2.16. The summed E-state index contributed by atoms with van der Waals surface area (Å²) in [4.78, 5) is 18.8. The Labute approximate surface area is 135 Å². The molecule has 2 amide bonds. The van der Waals surface area contributed by atoms with Crippen LogP contribution in [0.1, 0.15) is 30.7 Å². The van der Waals surface area contributed by atoms with Crippen molar-refractivity contribution in [3.63, 3.8) is 0 Å². The highest BCUT2D eigenvalue weighted by molar-refractivity contribution is 5.92. The number of carbonyl (C=O) groups is 1. The van der Waals surface area contributed by atoms with Crippen LogP contribution in [-0.2, 0) is 6.54 Å². The highest BCUT2D eigenvalue weighted by atomic mass is 16.5. The van der Waals surface area contributed by atoms with E-state index in [2.05, 4.69) is 25.7 Å². The van der Waals surface area contributed by atoms with Crippen molar-refractivity contribution in [2.24, 2.45) is 0 Å². The molecule has 0 bridgehead atoms. The molecule has 2 N–H and O–H groups in total. The Morgan fingerprint density at radius 2 is 2.17 bits per heavy atom. The summed E-state index contributed by atoms with van der Waals surface area (Å²) in [7, 11) is 0. The fourth-order valence-electron chi connectivity index (χ4n) is 2.69. The summed E-state index contributed by atoms with van der Waals surface area (Å²) in [6, 6.07) is 5.21. The van der Waals surface area contributed by atoms with Crippen molar-refractivity contribution in [2.75, 3.05) is 23.3 Å². The van der Waals surface area contributed by atoms with Gasteiger partial charge >= 0.3 is 6.03 Å². The summed E-state index contributed by atoms with van der Waals surface area (Å²) in [5.74, 6) is 1.56. The van der Waals surface area contributed by atoms with Crippen molar-refractivity contribution >= 4 is 17.5 Å². The van der Waals surface area contributed by atoms with E-state index in [0.717, 1.165) is 43.2 Å². The molecule has 0 aliphatic carbocycles.